The van der Waals surface area contributed by atoms with Crippen LogP contribution >= 0.6 is 0 Å². The zero-order chi connectivity index (χ0) is 18.0. The van der Waals surface area contributed by atoms with Crippen molar-refractivity contribution >= 4 is 17.9 Å². The van der Waals surface area contributed by atoms with Crippen LogP contribution in [0, 0.1) is 13.8 Å². The lowest BCUT2D eigenvalue weighted by atomic mass is 10.0. The highest BCUT2D eigenvalue weighted by Gasteiger charge is 2.34. The van der Waals surface area contributed by atoms with E-state index in [9.17, 15) is 9.59 Å². The Kier molecular flexibility index (Phi) is 4.70. The summed E-state index contributed by atoms with van der Waals surface area (Å²) in [6, 6.07) is 10.9. The largest absolute Gasteiger partial charge is 0.496 e. The average Bonchev–Trinajstić information content (AvgIpc) is 2.87. The number of nitrogens with zero attached hydrogens (tertiary/aromatic N) is 1. The number of imide groups is 1. The quantitative estimate of drug-likeness (QED) is 0.776. The Bertz CT molecular complexity index is 832. The van der Waals surface area contributed by atoms with Crippen molar-refractivity contribution in [3.8, 4) is 5.75 Å². The van der Waals surface area contributed by atoms with Gasteiger partial charge in [-0.2, -0.15) is 0 Å². The summed E-state index contributed by atoms with van der Waals surface area (Å²) in [5, 5.41) is 0. The van der Waals surface area contributed by atoms with E-state index in [1.807, 2.05) is 31.2 Å². The highest BCUT2D eigenvalue weighted by atomic mass is 16.5. The summed E-state index contributed by atoms with van der Waals surface area (Å²) in [5.74, 6) is 0.469. The van der Waals surface area contributed by atoms with Gasteiger partial charge in [0.2, 0.25) is 0 Å². The van der Waals surface area contributed by atoms with Crippen molar-refractivity contribution in [2.45, 2.75) is 20.3 Å². The lowest BCUT2D eigenvalue weighted by Gasteiger charge is -2.12. The second-order valence-corrected chi connectivity index (χ2v) is 6.11. The van der Waals surface area contributed by atoms with E-state index in [0.717, 1.165) is 22.4 Å². The fraction of sp³-hybridized carbons (Fsp3) is 0.238. The summed E-state index contributed by atoms with van der Waals surface area (Å²) < 4.78 is 5.32. The van der Waals surface area contributed by atoms with Gasteiger partial charge in [-0.3, -0.25) is 14.5 Å². The van der Waals surface area contributed by atoms with Gasteiger partial charge in [0.15, 0.2) is 0 Å². The van der Waals surface area contributed by atoms with Crippen LogP contribution in [0.25, 0.3) is 6.08 Å². The molecule has 2 amide bonds. The number of carbonyl (C=O) groups is 2. The Morgan fingerprint density at radius 2 is 1.60 bits per heavy atom. The first-order valence-corrected chi connectivity index (χ1v) is 8.30. The van der Waals surface area contributed by atoms with Gasteiger partial charge in [0.25, 0.3) is 11.8 Å². The fourth-order valence-corrected chi connectivity index (χ4v) is 3.07. The van der Waals surface area contributed by atoms with E-state index in [0.29, 0.717) is 24.1 Å². The number of amides is 2. The van der Waals surface area contributed by atoms with Crippen molar-refractivity contribution in [2.75, 3.05) is 13.7 Å². The second-order valence-electron chi connectivity index (χ2n) is 6.11. The van der Waals surface area contributed by atoms with Gasteiger partial charge in [0, 0.05) is 6.54 Å². The van der Waals surface area contributed by atoms with Crippen molar-refractivity contribution < 1.29 is 14.3 Å². The van der Waals surface area contributed by atoms with Gasteiger partial charge < -0.3 is 4.74 Å². The molecule has 1 aliphatic heterocycles. The normalized spacial score (nSPS) is 13.6. The minimum Gasteiger partial charge on any atom is -0.496 e. The first-order valence-electron chi connectivity index (χ1n) is 8.30. The minimum absolute atomic E-state index is 0.203. The first kappa shape index (κ1) is 17.0. The molecule has 4 heteroatoms. The zero-order valence-corrected chi connectivity index (χ0v) is 14.7. The summed E-state index contributed by atoms with van der Waals surface area (Å²) >= 11 is 0. The highest BCUT2D eigenvalue weighted by molar-refractivity contribution is 6.21. The predicted octanol–water partition coefficient (Wildman–Crippen LogP) is 4.01. The molecule has 0 N–H and O–H groups in total. The van der Waals surface area contributed by atoms with Gasteiger partial charge in [-0.15, -0.1) is 0 Å². The molecule has 0 aromatic heterocycles. The van der Waals surface area contributed by atoms with E-state index < -0.39 is 0 Å². The molecule has 0 spiro atoms. The van der Waals surface area contributed by atoms with Gasteiger partial charge in [-0.05, 0) is 55.2 Å². The Morgan fingerprint density at radius 1 is 0.960 bits per heavy atom. The number of benzene rings is 2. The number of carbonyl (C=O) groups excluding carboxylic acids is 2. The van der Waals surface area contributed by atoms with Gasteiger partial charge in [0.05, 0.1) is 18.2 Å². The third-order valence-corrected chi connectivity index (χ3v) is 4.69. The molecule has 25 heavy (non-hydrogen) atoms. The summed E-state index contributed by atoms with van der Waals surface area (Å²) in [5.41, 5.74) is 4.39. The molecule has 0 radical (unpaired) electrons. The van der Waals surface area contributed by atoms with Crippen LogP contribution in [0.1, 0.15) is 43.8 Å². The lowest BCUT2D eigenvalue weighted by Crippen LogP contribution is -2.30. The molecule has 0 unspecified atom stereocenters. The molecular weight excluding hydrogens is 314 g/mol. The first-order chi connectivity index (χ1) is 12.0. The molecule has 1 aliphatic rings. The van der Waals surface area contributed by atoms with Crippen LogP contribution < -0.4 is 4.74 Å². The van der Waals surface area contributed by atoms with Crippen molar-refractivity contribution in [1.82, 2.24) is 4.90 Å². The Balaban J connectivity index is 1.66. The van der Waals surface area contributed by atoms with Crippen molar-refractivity contribution in [1.29, 1.82) is 0 Å². The Hall–Kier alpha value is -2.88. The van der Waals surface area contributed by atoms with Crippen LogP contribution in [0.5, 0.6) is 5.75 Å². The number of hydrogen-bond donors (Lipinski definition) is 0. The topological polar surface area (TPSA) is 46.6 Å². The predicted molar refractivity (Wildman–Crippen MR) is 97.9 cm³/mol. The number of methoxy groups -OCH3 is 1. The Morgan fingerprint density at radius 3 is 2.20 bits per heavy atom. The van der Waals surface area contributed by atoms with Crippen LogP contribution in [-0.4, -0.2) is 30.4 Å². The van der Waals surface area contributed by atoms with E-state index in [1.165, 1.54) is 4.90 Å². The van der Waals surface area contributed by atoms with E-state index in [-0.39, 0.29) is 11.8 Å². The standard InChI is InChI=1S/C21H21NO3/c1-14-15(2)19(25-3)12-11-16(14)8-6-7-13-22-20(23)17-9-4-5-10-18(17)21(22)24/h4-6,8-12H,7,13H2,1-3H3/b8-6+. The molecule has 0 bridgehead atoms. The number of ether oxygens (including phenoxy) is 1. The fourth-order valence-electron chi connectivity index (χ4n) is 3.07. The van der Waals surface area contributed by atoms with Crippen molar-refractivity contribution in [3.63, 3.8) is 0 Å². The van der Waals surface area contributed by atoms with Gasteiger partial charge >= 0.3 is 0 Å². The van der Waals surface area contributed by atoms with E-state index in [2.05, 4.69) is 6.92 Å². The van der Waals surface area contributed by atoms with Crippen LogP contribution in [0.4, 0.5) is 0 Å². The smallest absolute Gasteiger partial charge is 0.261 e. The van der Waals surface area contributed by atoms with E-state index in [4.69, 9.17) is 4.74 Å². The lowest BCUT2D eigenvalue weighted by molar-refractivity contribution is 0.0657. The SMILES string of the molecule is COc1ccc(/C=C/CCN2C(=O)c3ccccc3C2=O)c(C)c1C. The molecule has 0 saturated carbocycles. The highest BCUT2D eigenvalue weighted by Crippen LogP contribution is 2.25. The van der Waals surface area contributed by atoms with E-state index >= 15 is 0 Å². The molecular formula is C21H21NO3. The minimum atomic E-state index is -0.203. The molecule has 2 aromatic rings. The molecule has 0 aliphatic carbocycles. The van der Waals surface area contributed by atoms with Gasteiger partial charge in [0.1, 0.15) is 5.75 Å². The maximum absolute atomic E-state index is 12.3. The zero-order valence-electron chi connectivity index (χ0n) is 14.7. The molecule has 4 nitrogen and oxygen atoms in total. The van der Waals surface area contributed by atoms with Crippen molar-refractivity contribution in [3.05, 3.63) is 70.3 Å². The summed E-state index contributed by atoms with van der Waals surface area (Å²) in [4.78, 5) is 25.9. The molecule has 0 saturated heterocycles. The third kappa shape index (κ3) is 3.07. The molecule has 128 valence electrons. The third-order valence-electron chi connectivity index (χ3n) is 4.69. The summed E-state index contributed by atoms with van der Waals surface area (Å²) in [6.07, 6.45) is 4.65. The summed E-state index contributed by atoms with van der Waals surface area (Å²) in [6.45, 7) is 4.48. The van der Waals surface area contributed by atoms with Crippen LogP contribution in [0.3, 0.4) is 0 Å². The molecule has 0 fully saturated rings. The summed E-state index contributed by atoms with van der Waals surface area (Å²) in [7, 11) is 1.67. The number of fused-ring (bicyclic) bond motifs is 1. The van der Waals surface area contributed by atoms with Crippen LogP contribution in [0.15, 0.2) is 42.5 Å². The maximum Gasteiger partial charge on any atom is 0.261 e. The number of hydrogen-bond acceptors (Lipinski definition) is 3. The molecule has 1 heterocycles. The average molecular weight is 335 g/mol. The second kappa shape index (κ2) is 6.93. The Labute approximate surface area is 147 Å². The van der Waals surface area contributed by atoms with E-state index in [1.54, 1.807) is 31.4 Å². The molecule has 0 atom stereocenters. The van der Waals surface area contributed by atoms with Crippen LogP contribution in [0.2, 0.25) is 0 Å². The molecule has 2 aromatic carbocycles. The maximum atomic E-state index is 12.3. The van der Waals surface area contributed by atoms with Crippen molar-refractivity contribution in [2.24, 2.45) is 0 Å². The van der Waals surface area contributed by atoms with Gasteiger partial charge in [-0.1, -0.05) is 30.4 Å². The number of rotatable bonds is 5. The van der Waals surface area contributed by atoms with Crippen LogP contribution in [-0.2, 0) is 0 Å². The van der Waals surface area contributed by atoms with Gasteiger partial charge in [-0.25, -0.2) is 0 Å². The monoisotopic (exact) mass is 335 g/mol. The molecule has 3 rings (SSSR count).